The van der Waals surface area contributed by atoms with Gasteiger partial charge in [0, 0.05) is 28.4 Å². The number of rotatable bonds is 21. The Labute approximate surface area is 270 Å². The molecule has 0 radical (unpaired) electrons. The molecule has 0 aliphatic heterocycles. The summed E-state index contributed by atoms with van der Waals surface area (Å²) in [6.07, 6.45) is 23.2. The molecule has 0 aliphatic carbocycles. The molecule has 1 N–H and O–H groups in total. The predicted octanol–water partition coefficient (Wildman–Crippen LogP) is 6.72. The Morgan fingerprint density at radius 2 is 1.33 bits per heavy atom. The second-order valence-corrected chi connectivity index (χ2v) is 11.6. The van der Waals surface area contributed by atoms with Crippen LogP contribution < -0.4 is 31.6 Å². The maximum Gasteiger partial charge on any atom is 0.228 e. The minimum absolute atomic E-state index is 0. The lowest BCUT2D eigenvalue weighted by atomic mass is 10.0. The first kappa shape index (κ1) is 35.8. The fourth-order valence-electron chi connectivity index (χ4n) is 5.07. The molecule has 3 aromatic rings. The van der Waals surface area contributed by atoms with E-state index in [0.29, 0.717) is 11.6 Å². The number of amides is 1. The van der Waals surface area contributed by atoms with E-state index in [0.717, 1.165) is 30.0 Å². The maximum atomic E-state index is 12.6. The van der Waals surface area contributed by atoms with Crippen LogP contribution in [0.25, 0.3) is 0 Å². The van der Waals surface area contributed by atoms with Crippen LogP contribution in [-0.4, -0.2) is 12.5 Å². The van der Waals surface area contributed by atoms with Crippen LogP contribution in [0, 0.1) is 0 Å². The molecule has 6 heteroatoms. The van der Waals surface area contributed by atoms with Crippen molar-refractivity contribution in [3.05, 3.63) is 89.2 Å². The summed E-state index contributed by atoms with van der Waals surface area (Å²) in [6.45, 7) is 3.77. The molecule has 1 amide bonds. The summed E-state index contributed by atoms with van der Waals surface area (Å²) in [5.74, 6) is 0.675. The molecule has 0 spiro atoms. The Balaban J connectivity index is 0.00000616. The van der Waals surface area contributed by atoms with E-state index in [-0.39, 0.29) is 29.3 Å². The molecule has 3 rings (SSSR count). The first-order chi connectivity index (χ1) is 20.1. The van der Waals surface area contributed by atoms with Gasteiger partial charge in [-0.2, -0.15) is 0 Å². The van der Waals surface area contributed by atoms with Gasteiger partial charge in [0.2, 0.25) is 5.91 Å². The van der Waals surface area contributed by atoms with E-state index in [2.05, 4.69) is 16.8 Å². The number of nitrogens with one attached hydrogen (secondary N) is 1. The molecule has 0 saturated carbocycles. The Bertz CT molecular complexity index is 1130. The smallest absolute Gasteiger partial charge is 0.228 e. The normalized spacial score (nSPS) is 10.7. The van der Waals surface area contributed by atoms with Gasteiger partial charge in [-0.05, 0) is 36.2 Å². The molecule has 0 saturated heterocycles. The van der Waals surface area contributed by atoms with Crippen molar-refractivity contribution < 1.29 is 31.1 Å². The minimum Gasteiger partial charge on any atom is -1.00 e. The van der Waals surface area contributed by atoms with Gasteiger partial charge < -0.3 is 27.0 Å². The van der Waals surface area contributed by atoms with Gasteiger partial charge in [0.15, 0.2) is 18.9 Å². The van der Waals surface area contributed by atoms with E-state index in [1.807, 2.05) is 73.1 Å². The summed E-state index contributed by atoms with van der Waals surface area (Å²) in [5.41, 5.74) is 2.75. The number of ether oxygens (including phenoxy) is 1. The monoisotopic (exact) mass is 656 g/mol. The third-order valence-electron chi connectivity index (χ3n) is 7.52. The number of nitrogens with zero attached hydrogens (tertiary/aromatic N) is 1. The van der Waals surface area contributed by atoms with E-state index >= 15 is 0 Å². The molecule has 4 nitrogen and oxygen atoms in total. The molecule has 0 bridgehead atoms. The predicted molar refractivity (Wildman–Crippen MR) is 172 cm³/mol. The quantitative estimate of drug-likeness (QED) is 0.102. The van der Waals surface area contributed by atoms with Gasteiger partial charge in [-0.15, -0.1) is 0 Å². The molecular weight excluding hydrogens is 608 g/mol. The van der Waals surface area contributed by atoms with Crippen LogP contribution in [0.4, 0.5) is 5.69 Å². The van der Waals surface area contributed by atoms with Gasteiger partial charge in [0.1, 0.15) is 5.75 Å². The topological polar surface area (TPSA) is 42.2 Å². The zero-order valence-corrected chi connectivity index (χ0v) is 27.8. The Morgan fingerprint density at radius 3 is 1.90 bits per heavy atom. The van der Waals surface area contributed by atoms with Crippen molar-refractivity contribution in [1.82, 2.24) is 0 Å². The maximum absolute atomic E-state index is 12.6. The van der Waals surface area contributed by atoms with E-state index in [4.69, 9.17) is 16.3 Å². The molecule has 2 aromatic carbocycles. The second-order valence-electron chi connectivity index (χ2n) is 11.2. The van der Waals surface area contributed by atoms with Crippen LogP contribution in [0.15, 0.2) is 73.1 Å². The number of benzene rings is 2. The SMILES string of the molecule is CCCCCCCCCCCCCCCCOc1ccc(CC(=O)Nc2ccc(C[n+]3ccccc3)cc2)c(Cl)c1.[Br-]. The van der Waals surface area contributed by atoms with E-state index in [1.54, 1.807) is 0 Å². The zero-order chi connectivity index (χ0) is 29.0. The van der Waals surface area contributed by atoms with Crippen LogP contribution in [0.2, 0.25) is 5.02 Å². The molecule has 1 heterocycles. The number of pyridine rings is 1. The fraction of sp³-hybridized carbons (Fsp3) is 0.500. The van der Waals surface area contributed by atoms with Crippen molar-refractivity contribution in [1.29, 1.82) is 0 Å². The van der Waals surface area contributed by atoms with Crippen LogP contribution in [0.1, 0.15) is 108 Å². The van der Waals surface area contributed by atoms with Gasteiger partial charge in [0.05, 0.1) is 13.0 Å². The molecular formula is C36H50BrClN2O2. The van der Waals surface area contributed by atoms with Crippen LogP contribution in [0.3, 0.4) is 0 Å². The lowest BCUT2D eigenvalue weighted by Crippen LogP contribution is -3.00. The second kappa shape index (κ2) is 22.2. The number of aromatic nitrogens is 1. The van der Waals surface area contributed by atoms with Crippen LogP contribution >= 0.6 is 11.6 Å². The number of hydrogen-bond donors (Lipinski definition) is 1. The number of carbonyl (C=O) groups excluding carboxylic acids is 1. The standard InChI is InChI=1S/C36H49ClN2O2.BrH/c1-2-3-4-5-6-7-8-9-10-11-12-13-14-18-27-41-34-24-21-32(35(37)29-34)28-36(40)38-33-22-19-31(20-23-33)30-39-25-16-15-17-26-39;/h15-17,19-26,29H,2-14,18,27-28,30H2,1H3;1H. The van der Waals surface area contributed by atoms with Gasteiger partial charge in [-0.1, -0.05) is 126 Å². The van der Waals surface area contributed by atoms with E-state index in [9.17, 15) is 4.79 Å². The van der Waals surface area contributed by atoms with Crippen LogP contribution in [-0.2, 0) is 17.8 Å². The third kappa shape index (κ3) is 15.2. The average Bonchev–Trinajstić information content (AvgIpc) is 2.98. The summed E-state index contributed by atoms with van der Waals surface area (Å²) in [7, 11) is 0. The molecule has 1 aromatic heterocycles. The zero-order valence-electron chi connectivity index (χ0n) is 25.5. The molecule has 0 aliphatic rings. The van der Waals surface area contributed by atoms with E-state index in [1.165, 1.54) is 89.0 Å². The molecule has 230 valence electrons. The first-order valence-corrected chi connectivity index (χ1v) is 16.3. The largest absolute Gasteiger partial charge is 1.00 e. The van der Waals surface area contributed by atoms with Gasteiger partial charge in [0.25, 0.3) is 0 Å². The lowest BCUT2D eigenvalue weighted by Gasteiger charge is -2.10. The van der Waals surface area contributed by atoms with Crippen molar-refractivity contribution in [2.24, 2.45) is 0 Å². The summed E-state index contributed by atoms with van der Waals surface area (Å²) < 4.78 is 8.03. The van der Waals surface area contributed by atoms with Gasteiger partial charge in [-0.3, -0.25) is 4.79 Å². The van der Waals surface area contributed by atoms with Crippen LogP contribution in [0.5, 0.6) is 5.75 Å². The summed E-state index contributed by atoms with van der Waals surface area (Å²) in [5, 5.41) is 3.54. The minimum atomic E-state index is -0.0897. The number of carbonyl (C=O) groups is 1. The highest BCUT2D eigenvalue weighted by atomic mass is 79.9. The first-order valence-electron chi connectivity index (χ1n) is 15.9. The third-order valence-corrected chi connectivity index (χ3v) is 7.87. The highest BCUT2D eigenvalue weighted by Crippen LogP contribution is 2.24. The fourth-order valence-corrected chi connectivity index (χ4v) is 5.31. The summed E-state index contributed by atoms with van der Waals surface area (Å²) in [4.78, 5) is 12.6. The molecule has 0 atom stereocenters. The number of anilines is 1. The van der Waals surface area contributed by atoms with Crippen molar-refractivity contribution in [3.8, 4) is 5.75 Å². The number of unbranched alkanes of at least 4 members (excludes halogenated alkanes) is 13. The van der Waals surface area contributed by atoms with Gasteiger partial charge >= 0.3 is 0 Å². The highest BCUT2D eigenvalue weighted by molar-refractivity contribution is 6.31. The molecule has 42 heavy (non-hydrogen) atoms. The number of halogens is 2. The van der Waals surface area contributed by atoms with E-state index < -0.39 is 0 Å². The van der Waals surface area contributed by atoms with Crippen molar-refractivity contribution in [3.63, 3.8) is 0 Å². The van der Waals surface area contributed by atoms with Crippen molar-refractivity contribution in [2.75, 3.05) is 11.9 Å². The van der Waals surface area contributed by atoms with Gasteiger partial charge in [-0.25, -0.2) is 4.57 Å². The molecule has 0 unspecified atom stereocenters. The summed E-state index contributed by atoms with van der Waals surface area (Å²) >= 11 is 6.48. The highest BCUT2D eigenvalue weighted by Gasteiger charge is 2.10. The summed E-state index contributed by atoms with van der Waals surface area (Å²) in [6, 6.07) is 19.6. The Hall–Kier alpha value is -2.37. The Kier molecular flexibility index (Phi) is 18.9. The van der Waals surface area contributed by atoms with Crippen molar-refractivity contribution >= 4 is 23.2 Å². The van der Waals surface area contributed by atoms with Crippen molar-refractivity contribution in [2.45, 2.75) is 110 Å². The number of hydrogen-bond acceptors (Lipinski definition) is 2. The average molecular weight is 658 g/mol. The molecule has 0 fully saturated rings. The lowest BCUT2D eigenvalue weighted by molar-refractivity contribution is -0.688. The Morgan fingerprint density at radius 1 is 0.762 bits per heavy atom.